The molecule has 0 saturated carbocycles. The van der Waals surface area contributed by atoms with Crippen LogP contribution in [0.2, 0.25) is 0 Å². The van der Waals surface area contributed by atoms with Crippen molar-refractivity contribution in [2.24, 2.45) is 0 Å². The van der Waals surface area contributed by atoms with E-state index in [4.69, 9.17) is 25.5 Å². The Morgan fingerprint density at radius 1 is 1.00 bits per heavy atom. The normalized spacial score (nSPS) is 13.3. The van der Waals surface area contributed by atoms with E-state index in [9.17, 15) is 18.8 Å². The number of aryl methyl sites for hydroxylation is 1. The minimum absolute atomic E-state index is 0.100. The summed E-state index contributed by atoms with van der Waals surface area (Å²) in [5.74, 6) is -5.13. The number of piperazine rings is 1. The van der Waals surface area contributed by atoms with Crippen molar-refractivity contribution in [1.29, 1.82) is 0 Å². The standard InChI is InChI=1S/C16H18FN3O3.C7H6O5/c1-2-19-9-11(16(22)23)15(21)10-7-12(17)14(8-13(10)19)20-5-3-18-4-6-20;8-4-1-3(7(11)12)2-5(9)6(4)10/h7-9,18H,2-6H2,1H3,(H,22,23);1-2,8-10H,(H,11,12). The molecule has 0 bridgehead atoms. The molecule has 35 heavy (non-hydrogen) atoms. The van der Waals surface area contributed by atoms with E-state index in [1.165, 1.54) is 6.20 Å². The number of benzene rings is 2. The van der Waals surface area contributed by atoms with Gasteiger partial charge in [0.1, 0.15) is 11.4 Å². The molecular formula is C23H24FN3O8. The monoisotopic (exact) mass is 489 g/mol. The van der Waals surface area contributed by atoms with Gasteiger partial charge in [0.05, 0.1) is 16.8 Å². The van der Waals surface area contributed by atoms with E-state index in [0.29, 0.717) is 30.8 Å². The zero-order valence-electron chi connectivity index (χ0n) is 18.7. The summed E-state index contributed by atoms with van der Waals surface area (Å²) < 4.78 is 16.2. The van der Waals surface area contributed by atoms with Crippen molar-refractivity contribution >= 4 is 28.5 Å². The van der Waals surface area contributed by atoms with Crippen LogP contribution in [0.4, 0.5) is 10.1 Å². The van der Waals surface area contributed by atoms with Gasteiger partial charge in [-0.2, -0.15) is 0 Å². The van der Waals surface area contributed by atoms with E-state index in [2.05, 4.69) is 5.32 Å². The number of carboxylic acid groups (broad SMARTS) is 2. The third kappa shape index (κ3) is 5.27. The van der Waals surface area contributed by atoms with Crippen LogP contribution in [0.25, 0.3) is 10.9 Å². The predicted molar refractivity (Wildman–Crippen MR) is 124 cm³/mol. The van der Waals surface area contributed by atoms with Crippen LogP contribution in [0, 0.1) is 5.82 Å². The number of nitrogens with one attached hydrogen (secondary N) is 1. The molecule has 2 aromatic carbocycles. The number of nitrogens with zero attached hydrogens (tertiary/aromatic N) is 2. The lowest BCUT2D eigenvalue weighted by atomic mass is 10.1. The Balaban J connectivity index is 0.000000241. The highest BCUT2D eigenvalue weighted by atomic mass is 19.1. The largest absolute Gasteiger partial charge is 0.504 e. The number of carbonyl (C=O) groups is 2. The van der Waals surface area contributed by atoms with E-state index < -0.39 is 40.4 Å². The van der Waals surface area contributed by atoms with E-state index in [1.807, 2.05) is 11.8 Å². The topological polar surface area (TPSA) is 173 Å². The van der Waals surface area contributed by atoms with Gasteiger partial charge >= 0.3 is 11.9 Å². The number of anilines is 1. The fourth-order valence-corrected chi connectivity index (χ4v) is 3.69. The highest BCUT2D eigenvalue weighted by Crippen LogP contribution is 2.35. The van der Waals surface area contributed by atoms with E-state index >= 15 is 0 Å². The molecule has 1 fully saturated rings. The van der Waals surface area contributed by atoms with Gasteiger partial charge in [0.2, 0.25) is 5.43 Å². The Kier molecular flexibility index (Phi) is 7.45. The molecule has 12 heteroatoms. The van der Waals surface area contributed by atoms with Gasteiger partial charge in [-0.1, -0.05) is 0 Å². The van der Waals surface area contributed by atoms with Gasteiger partial charge in [-0.15, -0.1) is 0 Å². The summed E-state index contributed by atoms with van der Waals surface area (Å²) in [6.45, 7) is 5.26. The number of aromatic nitrogens is 1. The van der Waals surface area contributed by atoms with Crippen molar-refractivity contribution in [2.75, 3.05) is 31.1 Å². The number of phenolic OH excluding ortho intramolecular Hbond substituents is 3. The summed E-state index contributed by atoms with van der Waals surface area (Å²) in [6.07, 6.45) is 1.33. The van der Waals surface area contributed by atoms with Crippen molar-refractivity contribution < 1.29 is 39.5 Å². The average Bonchev–Trinajstić information content (AvgIpc) is 2.83. The number of aromatic carboxylic acids is 2. The predicted octanol–water partition coefficient (Wildman–Crippen LogP) is 1.77. The van der Waals surface area contributed by atoms with E-state index in [1.54, 1.807) is 10.6 Å². The third-order valence-corrected chi connectivity index (χ3v) is 5.49. The fraction of sp³-hybridized carbons (Fsp3) is 0.261. The van der Waals surface area contributed by atoms with Gasteiger partial charge in [-0.25, -0.2) is 14.0 Å². The molecule has 6 N–H and O–H groups in total. The lowest BCUT2D eigenvalue weighted by Gasteiger charge is -2.30. The van der Waals surface area contributed by atoms with Gasteiger partial charge in [0, 0.05) is 44.3 Å². The number of rotatable bonds is 4. The lowest BCUT2D eigenvalue weighted by molar-refractivity contribution is 0.0684. The molecule has 4 rings (SSSR count). The first-order valence-electron chi connectivity index (χ1n) is 10.6. The van der Waals surface area contributed by atoms with Gasteiger partial charge < -0.3 is 40.3 Å². The molecule has 0 unspecified atom stereocenters. The zero-order valence-corrected chi connectivity index (χ0v) is 18.7. The summed E-state index contributed by atoms with van der Waals surface area (Å²) in [7, 11) is 0. The molecule has 186 valence electrons. The van der Waals surface area contributed by atoms with Crippen LogP contribution in [0.3, 0.4) is 0 Å². The molecule has 2 heterocycles. The van der Waals surface area contributed by atoms with Crippen LogP contribution in [-0.2, 0) is 6.54 Å². The first-order chi connectivity index (χ1) is 16.5. The second-order valence-electron chi connectivity index (χ2n) is 7.69. The van der Waals surface area contributed by atoms with Crippen molar-refractivity contribution in [3.63, 3.8) is 0 Å². The molecule has 3 aromatic rings. The quantitative estimate of drug-likeness (QED) is 0.297. The Labute approximate surface area is 197 Å². The van der Waals surface area contributed by atoms with Crippen LogP contribution in [0.5, 0.6) is 17.2 Å². The number of phenols is 3. The first-order valence-corrected chi connectivity index (χ1v) is 10.6. The van der Waals surface area contributed by atoms with Crippen LogP contribution in [0.1, 0.15) is 27.6 Å². The van der Waals surface area contributed by atoms with Gasteiger partial charge in [-0.3, -0.25) is 4.79 Å². The number of fused-ring (bicyclic) bond motifs is 1. The van der Waals surface area contributed by atoms with Gasteiger partial charge in [-0.05, 0) is 31.2 Å². The maximum absolute atomic E-state index is 14.5. The number of halogens is 1. The fourth-order valence-electron chi connectivity index (χ4n) is 3.69. The minimum atomic E-state index is -1.30. The maximum Gasteiger partial charge on any atom is 0.341 e. The molecule has 0 radical (unpaired) electrons. The van der Waals surface area contributed by atoms with Crippen LogP contribution in [0.15, 0.2) is 35.3 Å². The molecular weight excluding hydrogens is 465 g/mol. The molecule has 11 nitrogen and oxygen atoms in total. The summed E-state index contributed by atoms with van der Waals surface area (Å²) in [5, 5.41) is 47.4. The van der Waals surface area contributed by atoms with E-state index in [-0.39, 0.29) is 16.5 Å². The molecule has 1 aliphatic heterocycles. The molecule has 0 atom stereocenters. The second kappa shape index (κ2) is 10.3. The van der Waals surface area contributed by atoms with Gasteiger partial charge in [0.15, 0.2) is 17.2 Å². The molecule has 0 spiro atoms. The highest BCUT2D eigenvalue weighted by molar-refractivity contribution is 5.93. The number of hydrogen-bond donors (Lipinski definition) is 6. The summed E-state index contributed by atoms with van der Waals surface area (Å²) in [5.41, 5.74) is -0.277. The van der Waals surface area contributed by atoms with Crippen molar-refractivity contribution in [3.05, 3.63) is 57.6 Å². The summed E-state index contributed by atoms with van der Waals surface area (Å²) >= 11 is 0. The Bertz CT molecular complexity index is 1330. The number of hydrogen-bond acceptors (Lipinski definition) is 8. The molecule has 0 amide bonds. The number of carboxylic acids is 2. The Morgan fingerprint density at radius 3 is 2.11 bits per heavy atom. The maximum atomic E-state index is 14.5. The SMILES string of the molecule is CCn1cc(C(=O)O)c(=O)c2cc(F)c(N3CCNCC3)cc21.O=C(O)c1cc(O)c(O)c(O)c1. The van der Waals surface area contributed by atoms with Crippen molar-refractivity contribution in [3.8, 4) is 17.2 Å². The van der Waals surface area contributed by atoms with Crippen LogP contribution < -0.4 is 15.6 Å². The van der Waals surface area contributed by atoms with Crippen molar-refractivity contribution in [1.82, 2.24) is 9.88 Å². The minimum Gasteiger partial charge on any atom is -0.504 e. The third-order valence-electron chi connectivity index (χ3n) is 5.49. The zero-order chi connectivity index (χ0) is 25.9. The average molecular weight is 489 g/mol. The Morgan fingerprint density at radius 2 is 1.60 bits per heavy atom. The van der Waals surface area contributed by atoms with Crippen LogP contribution >= 0.6 is 0 Å². The second-order valence-corrected chi connectivity index (χ2v) is 7.69. The Hall–Kier alpha value is -4.32. The number of aromatic hydroxyl groups is 3. The van der Waals surface area contributed by atoms with Crippen molar-refractivity contribution in [2.45, 2.75) is 13.5 Å². The summed E-state index contributed by atoms with van der Waals surface area (Å²) in [4.78, 5) is 35.7. The molecule has 0 aliphatic carbocycles. The molecule has 1 saturated heterocycles. The van der Waals surface area contributed by atoms with E-state index in [0.717, 1.165) is 31.3 Å². The molecule has 1 aliphatic rings. The first kappa shape index (κ1) is 25.3. The molecule has 1 aromatic heterocycles. The van der Waals surface area contributed by atoms with Gasteiger partial charge in [0.25, 0.3) is 0 Å². The smallest absolute Gasteiger partial charge is 0.341 e. The number of pyridine rings is 1. The highest BCUT2D eigenvalue weighted by Gasteiger charge is 2.20. The van der Waals surface area contributed by atoms with Crippen LogP contribution in [-0.4, -0.2) is 68.2 Å². The lowest BCUT2D eigenvalue weighted by Crippen LogP contribution is -2.43. The summed E-state index contributed by atoms with van der Waals surface area (Å²) in [6, 6.07) is 4.49.